The highest BCUT2D eigenvalue weighted by molar-refractivity contribution is 5.92. The number of hydrogen-bond donors (Lipinski definition) is 2. The molecule has 1 aromatic heterocycles. The summed E-state index contributed by atoms with van der Waals surface area (Å²) in [5.41, 5.74) is -0.0646. The van der Waals surface area contributed by atoms with Crippen LogP contribution in [0, 0.1) is 11.9 Å². The average molecular weight is 240 g/mol. The van der Waals surface area contributed by atoms with Crippen LogP contribution in [0.1, 0.15) is 23.8 Å². The summed E-state index contributed by atoms with van der Waals surface area (Å²) in [4.78, 5) is 25.6. The molecule has 0 saturated carbocycles. The van der Waals surface area contributed by atoms with Crippen molar-refractivity contribution in [1.82, 2.24) is 10.3 Å². The number of carboxylic acid groups (broad SMARTS) is 1. The van der Waals surface area contributed by atoms with Crippen LogP contribution in [0.2, 0.25) is 0 Å². The van der Waals surface area contributed by atoms with Gasteiger partial charge < -0.3 is 10.4 Å². The highest BCUT2D eigenvalue weighted by Gasteiger charge is 2.16. The van der Waals surface area contributed by atoms with E-state index in [-0.39, 0.29) is 12.2 Å². The predicted octanol–water partition coefficient (Wildman–Crippen LogP) is 1.06. The molecule has 5 nitrogen and oxygen atoms in total. The van der Waals surface area contributed by atoms with Gasteiger partial charge in [0.1, 0.15) is 5.69 Å². The van der Waals surface area contributed by atoms with Gasteiger partial charge in [-0.25, -0.2) is 4.98 Å². The van der Waals surface area contributed by atoms with E-state index < -0.39 is 23.7 Å². The topological polar surface area (TPSA) is 79.3 Å². The van der Waals surface area contributed by atoms with Gasteiger partial charge in [0.25, 0.3) is 5.91 Å². The molecule has 1 atom stereocenters. The second-order valence-electron chi connectivity index (χ2n) is 3.50. The molecule has 6 heteroatoms. The van der Waals surface area contributed by atoms with Crippen LogP contribution in [0.25, 0.3) is 0 Å². The summed E-state index contributed by atoms with van der Waals surface area (Å²) >= 11 is 0. The van der Waals surface area contributed by atoms with Crippen molar-refractivity contribution in [2.75, 3.05) is 6.54 Å². The van der Waals surface area contributed by atoms with Crippen LogP contribution in [0.5, 0.6) is 0 Å². The fourth-order valence-electron chi connectivity index (χ4n) is 1.25. The lowest BCUT2D eigenvalue weighted by atomic mass is 10.1. The van der Waals surface area contributed by atoms with Gasteiger partial charge in [-0.05, 0) is 18.6 Å². The van der Waals surface area contributed by atoms with E-state index in [4.69, 9.17) is 5.11 Å². The number of rotatable bonds is 5. The molecule has 92 valence electrons. The van der Waals surface area contributed by atoms with Crippen LogP contribution in [0.4, 0.5) is 4.39 Å². The molecule has 1 unspecified atom stereocenters. The number of pyridine rings is 1. The Morgan fingerprint density at radius 1 is 1.53 bits per heavy atom. The van der Waals surface area contributed by atoms with Crippen molar-refractivity contribution in [2.45, 2.75) is 13.3 Å². The number of amides is 1. The van der Waals surface area contributed by atoms with E-state index in [1.54, 1.807) is 6.92 Å². The average Bonchev–Trinajstić information content (AvgIpc) is 2.29. The van der Waals surface area contributed by atoms with Gasteiger partial charge in [0.05, 0.1) is 5.92 Å². The lowest BCUT2D eigenvalue weighted by molar-refractivity contribution is -0.141. The van der Waals surface area contributed by atoms with E-state index in [0.29, 0.717) is 6.42 Å². The summed E-state index contributed by atoms with van der Waals surface area (Å²) in [6.45, 7) is 1.72. The lowest BCUT2D eigenvalue weighted by Gasteiger charge is -2.10. The molecular weight excluding hydrogens is 227 g/mol. The monoisotopic (exact) mass is 240 g/mol. The molecule has 17 heavy (non-hydrogen) atoms. The molecule has 2 N–H and O–H groups in total. The van der Waals surface area contributed by atoms with Crippen LogP contribution < -0.4 is 5.32 Å². The Kier molecular flexibility index (Phi) is 4.56. The summed E-state index contributed by atoms with van der Waals surface area (Å²) in [6, 6.07) is 3.86. The molecule has 0 aliphatic rings. The number of nitrogens with one attached hydrogen (secondary N) is 1. The van der Waals surface area contributed by atoms with Crippen molar-refractivity contribution < 1.29 is 19.1 Å². The van der Waals surface area contributed by atoms with Crippen molar-refractivity contribution in [2.24, 2.45) is 5.92 Å². The number of aliphatic carboxylic acids is 1. The molecule has 0 spiro atoms. The maximum Gasteiger partial charge on any atom is 0.308 e. The normalized spacial score (nSPS) is 11.9. The second kappa shape index (κ2) is 5.93. The zero-order valence-corrected chi connectivity index (χ0v) is 9.31. The maximum atomic E-state index is 12.7. The minimum atomic E-state index is -0.972. The zero-order chi connectivity index (χ0) is 12.8. The summed E-state index contributed by atoms with van der Waals surface area (Å²) in [5, 5.41) is 11.2. The third kappa shape index (κ3) is 3.82. The zero-order valence-electron chi connectivity index (χ0n) is 9.31. The number of hydrogen-bond acceptors (Lipinski definition) is 3. The third-order valence-corrected chi connectivity index (χ3v) is 2.30. The van der Waals surface area contributed by atoms with E-state index in [1.165, 1.54) is 12.1 Å². The van der Waals surface area contributed by atoms with Crippen molar-refractivity contribution >= 4 is 11.9 Å². The number of nitrogens with zero attached hydrogens (tertiary/aromatic N) is 1. The van der Waals surface area contributed by atoms with Crippen LogP contribution in [0.15, 0.2) is 18.2 Å². The maximum absolute atomic E-state index is 12.7. The summed E-state index contributed by atoms with van der Waals surface area (Å²) in [6.07, 6.45) is 0.409. The Labute approximate surface area is 97.7 Å². The van der Waals surface area contributed by atoms with Gasteiger partial charge >= 0.3 is 5.97 Å². The van der Waals surface area contributed by atoms with Crippen LogP contribution in [-0.2, 0) is 4.79 Å². The van der Waals surface area contributed by atoms with Crippen molar-refractivity contribution in [3.05, 3.63) is 29.8 Å². The quantitative estimate of drug-likeness (QED) is 0.754. The number of carbonyl (C=O) groups excluding carboxylic acids is 1. The first-order valence-corrected chi connectivity index (χ1v) is 5.18. The Morgan fingerprint density at radius 3 is 2.76 bits per heavy atom. The fourth-order valence-corrected chi connectivity index (χ4v) is 1.25. The first kappa shape index (κ1) is 13.1. The molecule has 0 aliphatic carbocycles. The lowest BCUT2D eigenvalue weighted by Crippen LogP contribution is -2.33. The van der Waals surface area contributed by atoms with Gasteiger partial charge in [-0.2, -0.15) is 4.39 Å². The van der Waals surface area contributed by atoms with Gasteiger partial charge in [-0.1, -0.05) is 13.0 Å². The number of halogens is 1. The Bertz CT molecular complexity index is 423. The molecule has 0 saturated heterocycles. The van der Waals surface area contributed by atoms with E-state index in [2.05, 4.69) is 10.3 Å². The van der Waals surface area contributed by atoms with E-state index >= 15 is 0 Å². The molecule has 0 aliphatic heterocycles. The van der Waals surface area contributed by atoms with Gasteiger partial charge in [0, 0.05) is 6.54 Å². The summed E-state index contributed by atoms with van der Waals surface area (Å²) in [7, 11) is 0. The molecule has 0 fully saturated rings. The molecule has 1 amide bonds. The van der Waals surface area contributed by atoms with Crippen LogP contribution in [-0.4, -0.2) is 28.5 Å². The number of aromatic nitrogens is 1. The summed E-state index contributed by atoms with van der Waals surface area (Å²) in [5.74, 6) is -2.94. The SMILES string of the molecule is CCC(CNC(=O)c1cccc(F)n1)C(=O)O. The van der Waals surface area contributed by atoms with E-state index in [9.17, 15) is 14.0 Å². The highest BCUT2D eigenvalue weighted by atomic mass is 19.1. The summed E-state index contributed by atoms with van der Waals surface area (Å²) < 4.78 is 12.7. The van der Waals surface area contributed by atoms with Crippen molar-refractivity contribution in [1.29, 1.82) is 0 Å². The molecular formula is C11H13FN2O3. The van der Waals surface area contributed by atoms with E-state index in [1.807, 2.05) is 0 Å². The van der Waals surface area contributed by atoms with Gasteiger partial charge in [-0.15, -0.1) is 0 Å². The third-order valence-electron chi connectivity index (χ3n) is 2.30. The Balaban J connectivity index is 2.58. The first-order valence-electron chi connectivity index (χ1n) is 5.18. The Hall–Kier alpha value is -1.98. The second-order valence-corrected chi connectivity index (χ2v) is 3.50. The smallest absolute Gasteiger partial charge is 0.308 e. The van der Waals surface area contributed by atoms with E-state index in [0.717, 1.165) is 6.07 Å². The minimum Gasteiger partial charge on any atom is -0.481 e. The van der Waals surface area contributed by atoms with Gasteiger partial charge in [0.15, 0.2) is 0 Å². The largest absolute Gasteiger partial charge is 0.481 e. The van der Waals surface area contributed by atoms with Crippen molar-refractivity contribution in [3.63, 3.8) is 0 Å². The minimum absolute atomic E-state index is 0.00284. The Morgan fingerprint density at radius 2 is 2.24 bits per heavy atom. The molecule has 0 aromatic carbocycles. The molecule has 0 radical (unpaired) electrons. The number of carboxylic acids is 1. The fraction of sp³-hybridized carbons (Fsp3) is 0.364. The molecule has 1 rings (SSSR count). The molecule has 0 bridgehead atoms. The van der Waals surface area contributed by atoms with Crippen LogP contribution >= 0.6 is 0 Å². The standard InChI is InChI=1S/C11H13FN2O3/c1-2-7(11(16)17)6-13-10(15)8-4-3-5-9(12)14-8/h3-5,7H,2,6H2,1H3,(H,13,15)(H,16,17). The predicted molar refractivity (Wildman–Crippen MR) is 57.9 cm³/mol. The van der Waals surface area contributed by atoms with Gasteiger partial charge in [0.2, 0.25) is 5.95 Å². The van der Waals surface area contributed by atoms with Crippen molar-refractivity contribution in [3.8, 4) is 0 Å². The van der Waals surface area contributed by atoms with Crippen LogP contribution in [0.3, 0.4) is 0 Å². The van der Waals surface area contributed by atoms with Gasteiger partial charge in [-0.3, -0.25) is 9.59 Å². The first-order chi connectivity index (χ1) is 8.04. The molecule has 1 aromatic rings. The highest BCUT2D eigenvalue weighted by Crippen LogP contribution is 2.02. The number of carbonyl (C=O) groups is 2. The molecule has 1 heterocycles.